The molecular weight excluding hydrogens is 322 g/mol. The van der Waals surface area contributed by atoms with E-state index in [-0.39, 0.29) is 22.8 Å². The maximum Gasteiger partial charge on any atom is 0.278 e. The van der Waals surface area contributed by atoms with Gasteiger partial charge in [-0.05, 0) is 25.1 Å². The number of rotatable bonds is 5. The molecule has 0 radical (unpaired) electrons. The molecular formula is C17H20N5O3+. The molecule has 0 aliphatic heterocycles. The summed E-state index contributed by atoms with van der Waals surface area (Å²) in [5.74, 6) is -0.0756. The van der Waals surface area contributed by atoms with E-state index >= 15 is 0 Å². The first-order chi connectivity index (χ1) is 12.1. The molecule has 0 fully saturated rings. The number of nitrogen functional groups attached to an aromatic ring is 1. The van der Waals surface area contributed by atoms with Crippen LogP contribution in [0.5, 0.6) is 0 Å². The molecule has 0 saturated heterocycles. The fourth-order valence-electron chi connectivity index (χ4n) is 2.76. The molecule has 3 aromatic heterocycles. The second-order valence-electron chi connectivity index (χ2n) is 5.52. The van der Waals surface area contributed by atoms with Crippen LogP contribution in [0.4, 0.5) is 5.82 Å². The van der Waals surface area contributed by atoms with Gasteiger partial charge in [-0.2, -0.15) is 0 Å². The van der Waals surface area contributed by atoms with Crippen LogP contribution in [-0.2, 0) is 11.3 Å². The predicted molar refractivity (Wildman–Crippen MR) is 93.5 cm³/mol. The molecule has 3 aromatic rings. The van der Waals surface area contributed by atoms with Crippen molar-refractivity contribution < 1.29 is 14.1 Å². The van der Waals surface area contributed by atoms with Crippen LogP contribution in [0.25, 0.3) is 16.7 Å². The van der Waals surface area contributed by atoms with Crippen molar-refractivity contribution in [2.24, 2.45) is 0 Å². The smallest absolute Gasteiger partial charge is 0.278 e. The van der Waals surface area contributed by atoms with Gasteiger partial charge in [0.25, 0.3) is 17.1 Å². The van der Waals surface area contributed by atoms with Crippen molar-refractivity contribution in [3.05, 3.63) is 46.4 Å². The monoisotopic (exact) mass is 342 g/mol. The van der Waals surface area contributed by atoms with Gasteiger partial charge in [0.1, 0.15) is 10.9 Å². The summed E-state index contributed by atoms with van der Waals surface area (Å²) in [7, 11) is 1.55. The molecule has 0 aliphatic rings. The van der Waals surface area contributed by atoms with Crippen molar-refractivity contribution in [3.63, 3.8) is 0 Å². The van der Waals surface area contributed by atoms with Crippen LogP contribution < -0.4 is 21.2 Å². The van der Waals surface area contributed by atoms with Gasteiger partial charge in [-0.15, -0.1) is 0 Å². The Hall–Kier alpha value is -3.00. The molecule has 3 rings (SSSR count). The first kappa shape index (κ1) is 16.8. The summed E-state index contributed by atoms with van der Waals surface area (Å²) in [5, 5.41) is 3.07. The molecule has 0 bridgehead atoms. The molecule has 3 N–H and O–H groups in total. The molecule has 8 nitrogen and oxygen atoms in total. The zero-order chi connectivity index (χ0) is 18.0. The highest BCUT2D eigenvalue weighted by molar-refractivity contribution is 6.00. The van der Waals surface area contributed by atoms with Gasteiger partial charge in [-0.25, -0.2) is 4.57 Å². The molecule has 0 atom stereocenters. The SMILES string of the molecule is CC[n+]1c(N)c(C(=O)NCCOC)cc2c(=O)n3ccccc3nc21. The van der Waals surface area contributed by atoms with Crippen molar-refractivity contribution in [1.82, 2.24) is 14.7 Å². The van der Waals surface area contributed by atoms with Gasteiger partial charge in [0.15, 0.2) is 0 Å². The quantitative estimate of drug-likeness (QED) is 0.389. The molecule has 25 heavy (non-hydrogen) atoms. The molecule has 0 spiro atoms. The number of hydrogen-bond donors (Lipinski definition) is 2. The Kier molecular flexibility index (Phi) is 4.62. The van der Waals surface area contributed by atoms with Crippen molar-refractivity contribution in [2.75, 3.05) is 26.0 Å². The van der Waals surface area contributed by atoms with E-state index in [2.05, 4.69) is 10.3 Å². The third-order valence-corrected chi connectivity index (χ3v) is 4.01. The minimum absolute atomic E-state index is 0.242. The zero-order valence-corrected chi connectivity index (χ0v) is 14.2. The number of carbonyl (C=O) groups is 1. The van der Waals surface area contributed by atoms with Gasteiger partial charge in [0.05, 0.1) is 13.2 Å². The van der Waals surface area contributed by atoms with E-state index in [4.69, 9.17) is 10.5 Å². The molecule has 8 heteroatoms. The number of fused-ring (bicyclic) bond motifs is 2. The molecule has 130 valence electrons. The fraction of sp³-hybridized carbons (Fsp3) is 0.294. The number of amides is 1. The zero-order valence-electron chi connectivity index (χ0n) is 14.2. The number of hydrogen-bond acceptors (Lipinski definition) is 5. The van der Waals surface area contributed by atoms with E-state index in [1.807, 2.05) is 13.0 Å². The first-order valence-corrected chi connectivity index (χ1v) is 7.99. The van der Waals surface area contributed by atoms with Gasteiger partial charge in [0.2, 0.25) is 11.5 Å². The Morgan fingerprint density at radius 3 is 2.96 bits per heavy atom. The van der Waals surface area contributed by atoms with E-state index in [1.165, 1.54) is 10.5 Å². The van der Waals surface area contributed by atoms with E-state index in [1.54, 1.807) is 30.0 Å². The molecule has 0 aliphatic carbocycles. The number of nitrogens with zero attached hydrogens (tertiary/aromatic N) is 3. The van der Waals surface area contributed by atoms with Crippen molar-refractivity contribution in [1.29, 1.82) is 0 Å². The molecule has 3 heterocycles. The summed E-state index contributed by atoms with van der Waals surface area (Å²) < 4.78 is 8.05. The highest BCUT2D eigenvalue weighted by Gasteiger charge is 2.23. The van der Waals surface area contributed by atoms with E-state index in [9.17, 15) is 9.59 Å². The molecule has 0 unspecified atom stereocenters. The summed E-state index contributed by atoms with van der Waals surface area (Å²) in [5.41, 5.74) is 7.18. The number of methoxy groups -OCH3 is 1. The van der Waals surface area contributed by atoms with Gasteiger partial charge in [-0.1, -0.05) is 11.1 Å². The Bertz CT molecular complexity index is 1010. The summed E-state index contributed by atoms with van der Waals surface area (Å²) in [6, 6.07) is 6.83. The molecule has 0 aromatic carbocycles. The highest BCUT2D eigenvalue weighted by Crippen LogP contribution is 2.14. The Balaban J connectivity index is 2.25. The number of ether oxygens (including phenoxy) is 1. The van der Waals surface area contributed by atoms with E-state index < -0.39 is 0 Å². The van der Waals surface area contributed by atoms with Crippen LogP contribution in [0, 0.1) is 0 Å². The summed E-state index contributed by atoms with van der Waals surface area (Å²) in [6.45, 7) is 3.11. The minimum Gasteiger partial charge on any atom is -0.383 e. The highest BCUT2D eigenvalue weighted by atomic mass is 16.5. The topological polar surface area (TPSA) is 103 Å². The summed E-state index contributed by atoms with van der Waals surface area (Å²) >= 11 is 0. The summed E-state index contributed by atoms with van der Waals surface area (Å²) in [4.78, 5) is 29.8. The number of aryl methyl sites for hydroxylation is 1. The first-order valence-electron chi connectivity index (χ1n) is 7.99. The van der Waals surface area contributed by atoms with Crippen LogP contribution in [0.2, 0.25) is 0 Å². The number of carbonyl (C=O) groups excluding carboxylic acids is 1. The van der Waals surface area contributed by atoms with Crippen LogP contribution in [0.3, 0.4) is 0 Å². The Morgan fingerprint density at radius 2 is 2.24 bits per heavy atom. The number of aromatic nitrogens is 3. The largest absolute Gasteiger partial charge is 0.383 e. The van der Waals surface area contributed by atoms with Crippen molar-refractivity contribution in [2.45, 2.75) is 13.5 Å². The van der Waals surface area contributed by atoms with Crippen molar-refractivity contribution in [3.8, 4) is 0 Å². The molecule has 1 amide bonds. The third-order valence-electron chi connectivity index (χ3n) is 4.01. The standard InChI is InChI=1S/C17H19N5O3/c1-3-21-14(18)11(16(23)19-7-9-25-2)10-12-15(21)20-13-6-4-5-8-22(13)17(12)24/h4-6,8,10,18H,3,7,9H2,1-2H3,(H,19,23)/p+1. The Labute approximate surface area is 143 Å². The lowest BCUT2D eigenvalue weighted by atomic mass is 10.1. The predicted octanol–water partition coefficient (Wildman–Crippen LogP) is 0.114. The fourth-order valence-corrected chi connectivity index (χ4v) is 2.76. The van der Waals surface area contributed by atoms with Crippen LogP contribution in [0.1, 0.15) is 17.3 Å². The lowest BCUT2D eigenvalue weighted by Crippen LogP contribution is -2.42. The minimum atomic E-state index is -0.351. The van der Waals surface area contributed by atoms with Gasteiger partial charge in [0, 0.05) is 19.9 Å². The number of nitrogens with one attached hydrogen (secondary N) is 1. The third kappa shape index (κ3) is 2.91. The average Bonchev–Trinajstić information content (AvgIpc) is 2.62. The lowest BCUT2D eigenvalue weighted by molar-refractivity contribution is -0.655. The molecule has 0 saturated carbocycles. The maximum absolute atomic E-state index is 12.8. The average molecular weight is 342 g/mol. The lowest BCUT2D eigenvalue weighted by Gasteiger charge is -2.11. The van der Waals surface area contributed by atoms with E-state index in [0.29, 0.717) is 36.4 Å². The van der Waals surface area contributed by atoms with Crippen molar-refractivity contribution >= 4 is 28.4 Å². The van der Waals surface area contributed by atoms with Gasteiger partial charge >= 0.3 is 0 Å². The van der Waals surface area contributed by atoms with Crippen LogP contribution in [-0.4, -0.2) is 35.6 Å². The van der Waals surface area contributed by atoms with Crippen LogP contribution >= 0.6 is 0 Å². The van der Waals surface area contributed by atoms with Crippen LogP contribution in [0.15, 0.2) is 35.3 Å². The number of anilines is 1. The second kappa shape index (κ2) is 6.86. The number of pyridine rings is 2. The maximum atomic E-state index is 12.8. The summed E-state index contributed by atoms with van der Waals surface area (Å²) in [6.07, 6.45) is 1.65. The van der Waals surface area contributed by atoms with Gasteiger partial charge < -0.3 is 15.8 Å². The van der Waals surface area contributed by atoms with E-state index in [0.717, 1.165) is 0 Å². The Morgan fingerprint density at radius 1 is 1.44 bits per heavy atom. The number of nitrogens with two attached hydrogens (primary N) is 1. The second-order valence-corrected chi connectivity index (χ2v) is 5.52. The normalized spacial score (nSPS) is 11.1. The van der Waals surface area contributed by atoms with Gasteiger partial charge in [-0.3, -0.25) is 14.0 Å².